The number of carbonyl (C=O) groups excluding carboxylic acids is 1. The van der Waals surface area contributed by atoms with Crippen molar-refractivity contribution in [3.8, 4) is 0 Å². The van der Waals surface area contributed by atoms with E-state index in [1.165, 1.54) is 0 Å². The number of Topliss-reactive ketones (excluding diaryl/α,β-unsaturated/α-hetero) is 1. The highest BCUT2D eigenvalue weighted by molar-refractivity contribution is 7.78. The predicted molar refractivity (Wildman–Crippen MR) is 70.8 cm³/mol. The Labute approximate surface area is 109 Å². The third-order valence-corrected chi connectivity index (χ3v) is 3.82. The summed E-state index contributed by atoms with van der Waals surface area (Å²) in [6.45, 7) is 1.80. The normalized spacial score (nSPS) is 18.5. The maximum atomic E-state index is 12.2. The molecule has 0 aromatic heterocycles. The lowest BCUT2D eigenvalue weighted by Gasteiger charge is -2.21. The van der Waals surface area contributed by atoms with Crippen LogP contribution in [0.5, 0.6) is 0 Å². The minimum atomic E-state index is -1.83. The fraction of sp³-hybridized carbons (Fsp3) is 0.462. The lowest BCUT2D eigenvalue weighted by Crippen LogP contribution is -2.31. The summed E-state index contributed by atoms with van der Waals surface area (Å²) >= 11 is -1.83. The van der Waals surface area contributed by atoms with E-state index >= 15 is 0 Å². The summed E-state index contributed by atoms with van der Waals surface area (Å²) in [5, 5.41) is 3.24. The smallest absolute Gasteiger partial charge is 0.166 e. The van der Waals surface area contributed by atoms with Gasteiger partial charge >= 0.3 is 0 Å². The van der Waals surface area contributed by atoms with Crippen molar-refractivity contribution < 1.29 is 13.6 Å². The summed E-state index contributed by atoms with van der Waals surface area (Å²) in [5.74, 6) is 0.416. The van der Waals surface area contributed by atoms with Gasteiger partial charge in [0.2, 0.25) is 0 Å². The van der Waals surface area contributed by atoms with E-state index < -0.39 is 11.1 Å². The Morgan fingerprint density at radius 3 is 2.44 bits per heavy atom. The van der Waals surface area contributed by atoms with Crippen molar-refractivity contribution in [2.75, 3.05) is 13.1 Å². The van der Waals surface area contributed by atoms with Crippen LogP contribution in [0.15, 0.2) is 24.3 Å². The van der Waals surface area contributed by atoms with Crippen molar-refractivity contribution in [1.82, 2.24) is 5.32 Å². The molecule has 0 amide bonds. The first-order valence-electron chi connectivity index (χ1n) is 6.08. The molecule has 1 atom stereocenters. The predicted octanol–water partition coefficient (Wildman–Crippen LogP) is 1.59. The van der Waals surface area contributed by atoms with Gasteiger partial charge in [-0.3, -0.25) is 4.79 Å². The second-order valence-corrected chi connectivity index (χ2v) is 5.48. The quantitative estimate of drug-likeness (QED) is 0.642. The molecule has 0 spiro atoms. The number of piperidine rings is 1. The van der Waals surface area contributed by atoms with E-state index in [1.807, 2.05) is 0 Å². The Morgan fingerprint density at radius 1 is 1.28 bits per heavy atom. The van der Waals surface area contributed by atoms with Crippen LogP contribution >= 0.6 is 0 Å². The van der Waals surface area contributed by atoms with E-state index in [4.69, 9.17) is 4.55 Å². The van der Waals surface area contributed by atoms with E-state index in [9.17, 15) is 9.00 Å². The van der Waals surface area contributed by atoms with Crippen LogP contribution in [0.25, 0.3) is 0 Å². The van der Waals surface area contributed by atoms with Crippen LogP contribution in [0.4, 0.5) is 0 Å². The fourth-order valence-electron chi connectivity index (χ4n) is 2.23. The topological polar surface area (TPSA) is 66.4 Å². The second-order valence-electron chi connectivity index (χ2n) is 4.55. The van der Waals surface area contributed by atoms with Crippen LogP contribution in [-0.2, 0) is 16.8 Å². The van der Waals surface area contributed by atoms with Crippen LogP contribution < -0.4 is 5.32 Å². The van der Waals surface area contributed by atoms with E-state index in [0.717, 1.165) is 31.5 Å². The van der Waals surface area contributed by atoms with Crippen LogP contribution in [-0.4, -0.2) is 27.6 Å². The van der Waals surface area contributed by atoms with Crippen LogP contribution in [0.2, 0.25) is 0 Å². The van der Waals surface area contributed by atoms with Gasteiger partial charge in [-0.25, -0.2) is 4.21 Å². The number of nitrogens with one attached hydrogen (secondary N) is 1. The molecule has 1 aliphatic heterocycles. The molecule has 0 saturated carbocycles. The second kappa shape index (κ2) is 6.22. The van der Waals surface area contributed by atoms with Gasteiger partial charge in [0, 0.05) is 11.5 Å². The molecule has 1 aliphatic rings. The first-order valence-corrected chi connectivity index (χ1v) is 7.36. The first kappa shape index (κ1) is 13.4. The van der Waals surface area contributed by atoms with E-state index in [1.54, 1.807) is 24.3 Å². The summed E-state index contributed by atoms with van der Waals surface area (Å²) in [6.07, 6.45) is 1.78. The van der Waals surface area contributed by atoms with Gasteiger partial charge in [0.25, 0.3) is 0 Å². The van der Waals surface area contributed by atoms with Crippen molar-refractivity contribution in [3.63, 3.8) is 0 Å². The molecular weight excluding hydrogens is 250 g/mol. The maximum absolute atomic E-state index is 12.2. The minimum Gasteiger partial charge on any atom is -0.317 e. The summed E-state index contributed by atoms with van der Waals surface area (Å²) < 4.78 is 19.5. The molecular formula is C13H17NO3S. The molecule has 0 bridgehead atoms. The average Bonchev–Trinajstić information content (AvgIpc) is 2.39. The third-order valence-electron chi connectivity index (χ3n) is 3.24. The molecule has 1 unspecified atom stereocenters. The Hall–Kier alpha value is -1.04. The van der Waals surface area contributed by atoms with Crippen molar-refractivity contribution in [1.29, 1.82) is 0 Å². The number of hydrogen-bond acceptors (Lipinski definition) is 3. The molecule has 2 N–H and O–H groups in total. The molecule has 1 fully saturated rings. The van der Waals surface area contributed by atoms with Gasteiger partial charge in [-0.05, 0) is 31.5 Å². The summed E-state index contributed by atoms with van der Waals surface area (Å²) in [5.41, 5.74) is 1.48. The monoisotopic (exact) mass is 267 g/mol. The summed E-state index contributed by atoms with van der Waals surface area (Å²) in [4.78, 5) is 12.2. The molecule has 0 radical (unpaired) electrons. The van der Waals surface area contributed by atoms with Gasteiger partial charge in [-0.15, -0.1) is 0 Å². The molecule has 1 aromatic rings. The van der Waals surface area contributed by atoms with E-state index in [-0.39, 0.29) is 17.5 Å². The van der Waals surface area contributed by atoms with Crippen molar-refractivity contribution in [2.45, 2.75) is 18.6 Å². The third kappa shape index (κ3) is 3.48. The Kier molecular flexibility index (Phi) is 4.63. The Balaban J connectivity index is 2.04. The summed E-state index contributed by atoms with van der Waals surface area (Å²) in [6, 6.07) is 7.02. The van der Waals surface area contributed by atoms with Crippen LogP contribution in [0, 0.1) is 5.92 Å². The molecule has 1 saturated heterocycles. The van der Waals surface area contributed by atoms with Gasteiger partial charge in [0.15, 0.2) is 16.9 Å². The van der Waals surface area contributed by atoms with Crippen molar-refractivity contribution >= 4 is 16.9 Å². The van der Waals surface area contributed by atoms with Gasteiger partial charge in [0.1, 0.15) is 0 Å². The standard InChI is InChI=1S/C13H17NO3S/c15-13(12-5-7-14-8-6-12)11-3-1-10(2-4-11)9-18(16)17/h1-4,12,14H,5-9H2,(H,16,17). The highest BCUT2D eigenvalue weighted by Gasteiger charge is 2.21. The Bertz CT molecular complexity index is 438. The zero-order valence-corrected chi connectivity index (χ0v) is 10.9. The van der Waals surface area contributed by atoms with Crippen molar-refractivity contribution in [3.05, 3.63) is 35.4 Å². The lowest BCUT2D eigenvalue weighted by atomic mass is 9.89. The maximum Gasteiger partial charge on any atom is 0.166 e. The molecule has 98 valence electrons. The van der Waals surface area contributed by atoms with Gasteiger partial charge < -0.3 is 9.87 Å². The highest BCUT2D eigenvalue weighted by Crippen LogP contribution is 2.18. The number of ketones is 1. The number of rotatable bonds is 4. The Morgan fingerprint density at radius 2 is 1.89 bits per heavy atom. The highest BCUT2D eigenvalue weighted by atomic mass is 32.2. The molecule has 1 aromatic carbocycles. The van der Waals surface area contributed by atoms with Gasteiger partial charge in [-0.1, -0.05) is 24.3 Å². The molecule has 2 rings (SSSR count). The lowest BCUT2D eigenvalue weighted by molar-refractivity contribution is 0.0895. The molecule has 18 heavy (non-hydrogen) atoms. The first-order chi connectivity index (χ1) is 8.66. The molecule has 1 heterocycles. The number of benzene rings is 1. The van der Waals surface area contributed by atoms with Crippen LogP contribution in [0.3, 0.4) is 0 Å². The molecule has 5 heteroatoms. The SMILES string of the molecule is O=C(c1ccc(CS(=O)O)cc1)C1CCNCC1. The minimum absolute atomic E-state index is 0.113. The summed E-state index contributed by atoms with van der Waals surface area (Å²) in [7, 11) is 0. The van der Waals surface area contributed by atoms with Crippen molar-refractivity contribution in [2.24, 2.45) is 5.92 Å². The largest absolute Gasteiger partial charge is 0.317 e. The molecule has 4 nitrogen and oxygen atoms in total. The molecule has 0 aliphatic carbocycles. The number of hydrogen-bond donors (Lipinski definition) is 2. The fourth-order valence-corrected chi connectivity index (χ4v) is 2.71. The number of carbonyl (C=O) groups is 1. The van der Waals surface area contributed by atoms with Gasteiger partial charge in [-0.2, -0.15) is 0 Å². The van der Waals surface area contributed by atoms with Gasteiger partial charge in [0.05, 0.1) is 5.75 Å². The van der Waals surface area contributed by atoms with E-state index in [0.29, 0.717) is 5.56 Å². The van der Waals surface area contributed by atoms with E-state index in [2.05, 4.69) is 5.32 Å². The van der Waals surface area contributed by atoms with Crippen LogP contribution in [0.1, 0.15) is 28.8 Å². The average molecular weight is 267 g/mol. The zero-order valence-electron chi connectivity index (χ0n) is 10.1. The zero-order chi connectivity index (χ0) is 13.0.